The maximum absolute atomic E-state index is 13.4. The van der Waals surface area contributed by atoms with Gasteiger partial charge in [0.15, 0.2) is 0 Å². The maximum atomic E-state index is 13.4. The van der Waals surface area contributed by atoms with Crippen molar-refractivity contribution in [2.75, 3.05) is 26.7 Å². The molecule has 2 aliphatic heterocycles. The van der Waals surface area contributed by atoms with E-state index in [0.29, 0.717) is 22.0 Å². The molecule has 0 bridgehead atoms. The van der Waals surface area contributed by atoms with Crippen LogP contribution in [0.2, 0.25) is 5.02 Å². The van der Waals surface area contributed by atoms with Crippen molar-refractivity contribution in [1.82, 2.24) is 24.3 Å². The molecule has 1 spiro atoms. The minimum atomic E-state index is -2.69. The van der Waals surface area contributed by atoms with Gasteiger partial charge < -0.3 is 14.4 Å². The lowest BCUT2D eigenvalue weighted by Gasteiger charge is -2.51. The second-order valence-electron chi connectivity index (χ2n) is 8.89. The van der Waals surface area contributed by atoms with E-state index in [1.54, 1.807) is 29.1 Å². The SMILES string of the molecule is CN1CC2(CCCN2C(=O)Cn2cnc(-c3ccc(Cl)cc3)c2-c2ccnc(C(F)F)c2)C1. The minimum absolute atomic E-state index is 0.0186. The van der Waals surface area contributed by atoms with Gasteiger partial charge in [-0.05, 0) is 44.2 Å². The first-order valence-corrected chi connectivity index (χ1v) is 11.3. The Hall–Kier alpha value is -2.84. The average Bonchev–Trinajstić information content (AvgIpc) is 3.39. The van der Waals surface area contributed by atoms with Crippen LogP contribution in [0.5, 0.6) is 0 Å². The van der Waals surface area contributed by atoms with Gasteiger partial charge in [0.2, 0.25) is 5.91 Å². The Bertz CT molecular complexity index is 1170. The molecule has 172 valence electrons. The van der Waals surface area contributed by atoms with Gasteiger partial charge in [0.25, 0.3) is 6.43 Å². The molecule has 0 atom stereocenters. The first-order chi connectivity index (χ1) is 15.9. The molecule has 0 aliphatic carbocycles. The average molecular weight is 472 g/mol. The fourth-order valence-corrected chi connectivity index (χ4v) is 5.31. The van der Waals surface area contributed by atoms with Gasteiger partial charge in [0, 0.05) is 42.0 Å². The van der Waals surface area contributed by atoms with E-state index in [9.17, 15) is 13.6 Å². The van der Waals surface area contributed by atoms with Crippen LogP contribution in [-0.2, 0) is 11.3 Å². The van der Waals surface area contributed by atoms with E-state index in [0.717, 1.165) is 38.0 Å². The molecule has 0 radical (unpaired) electrons. The number of pyridine rings is 1. The summed E-state index contributed by atoms with van der Waals surface area (Å²) in [5.74, 6) is 0.0186. The summed E-state index contributed by atoms with van der Waals surface area (Å²) in [6, 6.07) is 10.2. The molecule has 4 heterocycles. The van der Waals surface area contributed by atoms with Crippen LogP contribution in [0, 0.1) is 0 Å². The summed E-state index contributed by atoms with van der Waals surface area (Å²) in [5, 5.41) is 0.587. The van der Waals surface area contributed by atoms with Gasteiger partial charge in [-0.3, -0.25) is 9.78 Å². The molecule has 2 saturated heterocycles. The molecule has 33 heavy (non-hydrogen) atoms. The first kappa shape index (κ1) is 22.0. The Balaban J connectivity index is 1.53. The lowest BCUT2D eigenvalue weighted by Crippen LogP contribution is -2.67. The number of benzene rings is 1. The summed E-state index contributed by atoms with van der Waals surface area (Å²) in [6.45, 7) is 2.60. The monoisotopic (exact) mass is 471 g/mol. The van der Waals surface area contributed by atoms with E-state index >= 15 is 0 Å². The summed E-state index contributed by atoms with van der Waals surface area (Å²) >= 11 is 6.04. The molecule has 6 nitrogen and oxygen atoms in total. The van der Waals surface area contributed by atoms with Crippen LogP contribution in [0.25, 0.3) is 22.5 Å². The van der Waals surface area contributed by atoms with Crippen molar-refractivity contribution in [3.63, 3.8) is 0 Å². The summed E-state index contributed by atoms with van der Waals surface area (Å²) in [7, 11) is 2.06. The van der Waals surface area contributed by atoms with Crippen LogP contribution >= 0.6 is 11.6 Å². The highest BCUT2D eigenvalue weighted by Crippen LogP contribution is 2.38. The van der Waals surface area contributed by atoms with Crippen molar-refractivity contribution in [1.29, 1.82) is 0 Å². The number of nitrogens with zero attached hydrogens (tertiary/aromatic N) is 5. The third kappa shape index (κ3) is 4.02. The number of hydrogen-bond acceptors (Lipinski definition) is 4. The normalized spacial score (nSPS) is 17.7. The molecule has 1 amide bonds. The minimum Gasteiger partial charge on any atom is -0.333 e. The zero-order chi connectivity index (χ0) is 23.2. The Morgan fingerprint density at radius 2 is 1.91 bits per heavy atom. The van der Waals surface area contributed by atoms with Crippen molar-refractivity contribution >= 4 is 17.5 Å². The third-order valence-corrected chi connectivity index (χ3v) is 6.82. The number of rotatable bonds is 5. The number of hydrogen-bond donors (Lipinski definition) is 0. The predicted molar refractivity (Wildman–Crippen MR) is 122 cm³/mol. The molecule has 2 fully saturated rings. The fourth-order valence-electron chi connectivity index (χ4n) is 5.18. The lowest BCUT2D eigenvalue weighted by atomic mass is 9.87. The molecular formula is C24H24ClF2N5O. The Morgan fingerprint density at radius 3 is 2.61 bits per heavy atom. The van der Waals surface area contributed by atoms with E-state index in [4.69, 9.17) is 11.6 Å². The number of aromatic nitrogens is 3. The van der Waals surface area contributed by atoms with E-state index < -0.39 is 6.43 Å². The van der Waals surface area contributed by atoms with Crippen LogP contribution in [0.15, 0.2) is 48.9 Å². The number of alkyl halides is 2. The van der Waals surface area contributed by atoms with Gasteiger partial charge in [-0.1, -0.05) is 23.7 Å². The van der Waals surface area contributed by atoms with Crippen LogP contribution in [0.4, 0.5) is 8.78 Å². The number of halogens is 3. The van der Waals surface area contributed by atoms with Crippen molar-refractivity contribution < 1.29 is 13.6 Å². The molecule has 1 aromatic carbocycles. The number of imidazole rings is 1. The summed E-state index contributed by atoms with van der Waals surface area (Å²) in [5.41, 5.74) is 2.14. The quantitative estimate of drug-likeness (QED) is 0.549. The van der Waals surface area contributed by atoms with Gasteiger partial charge in [-0.15, -0.1) is 0 Å². The number of amides is 1. The molecule has 5 rings (SSSR count). The lowest BCUT2D eigenvalue weighted by molar-refractivity contribution is -0.141. The molecule has 9 heteroatoms. The smallest absolute Gasteiger partial charge is 0.280 e. The van der Waals surface area contributed by atoms with E-state index in [1.807, 2.05) is 17.0 Å². The van der Waals surface area contributed by atoms with Gasteiger partial charge in [-0.2, -0.15) is 0 Å². The van der Waals surface area contributed by atoms with Gasteiger partial charge >= 0.3 is 0 Å². The van der Waals surface area contributed by atoms with Crippen molar-refractivity contribution in [2.45, 2.75) is 31.4 Å². The molecule has 0 unspecified atom stereocenters. The molecule has 0 N–H and O–H groups in total. The molecule has 3 aromatic rings. The summed E-state index contributed by atoms with van der Waals surface area (Å²) < 4.78 is 28.5. The third-order valence-electron chi connectivity index (χ3n) is 6.57. The molecule has 2 aromatic heterocycles. The highest BCUT2D eigenvalue weighted by Gasteiger charge is 2.50. The highest BCUT2D eigenvalue weighted by molar-refractivity contribution is 6.30. The zero-order valence-corrected chi connectivity index (χ0v) is 19.0. The summed E-state index contributed by atoms with van der Waals surface area (Å²) in [6.07, 6.45) is 2.28. The largest absolute Gasteiger partial charge is 0.333 e. The van der Waals surface area contributed by atoms with Crippen LogP contribution in [0.1, 0.15) is 25.0 Å². The highest BCUT2D eigenvalue weighted by atomic mass is 35.5. The molecule has 0 saturated carbocycles. The van der Waals surface area contributed by atoms with Gasteiger partial charge in [0.05, 0.1) is 23.3 Å². The van der Waals surface area contributed by atoms with Gasteiger partial charge in [0.1, 0.15) is 12.2 Å². The first-order valence-electron chi connectivity index (χ1n) is 10.9. The Morgan fingerprint density at radius 1 is 1.15 bits per heavy atom. The second kappa shape index (κ2) is 8.50. The van der Waals surface area contributed by atoms with E-state index in [2.05, 4.69) is 21.9 Å². The van der Waals surface area contributed by atoms with Crippen LogP contribution in [-0.4, -0.2) is 62.5 Å². The number of carbonyl (C=O) groups is 1. The maximum Gasteiger partial charge on any atom is 0.280 e. The molecular weight excluding hydrogens is 448 g/mol. The van der Waals surface area contributed by atoms with Crippen LogP contribution < -0.4 is 0 Å². The van der Waals surface area contributed by atoms with E-state index in [1.165, 1.54) is 12.3 Å². The standard InChI is InChI=1S/C24H24ClF2N5O/c1-30-13-24(14-30)8-2-10-32(24)20(33)12-31-15-29-21(16-3-5-18(25)6-4-16)22(31)17-7-9-28-19(11-17)23(26)27/h3-7,9,11,15,23H,2,8,10,12-14H2,1H3. The van der Waals surface area contributed by atoms with Crippen LogP contribution in [0.3, 0.4) is 0 Å². The van der Waals surface area contributed by atoms with Gasteiger partial charge in [-0.25, -0.2) is 13.8 Å². The Labute approximate surface area is 195 Å². The Kier molecular flexibility index (Phi) is 5.66. The van der Waals surface area contributed by atoms with Crippen molar-refractivity contribution in [3.8, 4) is 22.5 Å². The van der Waals surface area contributed by atoms with E-state index in [-0.39, 0.29) is 23.7 Å². The zero-order valence-electron chi connectivity index (χ0n) is 18.2. The number of carbonyl (C=O) groups excluding carboxylic acids is 1. The predicted octanol–water partition coefficient (Wildman–Crippen LogP) is 4.51. The number of likely N-dealkylation sites (N-methyl/N-ethyl adjacent to an activating group) is 1. The molecule has 2 aliphatic rings. The second-order valence-corrected chi connectivity index (χ2v) is 9.33. The number of likely N-dealkylation sites (tertiary alicyclic amines) is 2. The summed E-state index contributed by atoms with van der Waals surface area (Å²) in [4.78, 5) is 25.9. The van der Waals surface area contributed by atoms with Crippen molar-refractivity contribution in [3.05, 3.63) is 59.6 Å². The fraction of sp³-hybridized carbons (Fsp3) is 0.375. The van der Waals surface area contributed by atoms with Crippen molar-refractivity contribution in [2.24, 2.45) is 0 Å². The topological polar surface area (TPSA) is 54.3 Å².